The summed E-state index contributed by atoms with van der Waals surface area (Å²) >= 11 is 1.55. The third-order valence-electron chi connectivity index (χ3n) is 5.36. The van der Waals surface area contributed by atoms with Gasteiger partial charge in [-0.3, -0.25) is 9.48 Å². The van der Waals surface area contributed by atoms with E-state index in [1.807, 2.05) is 37.4 Å². The number of nitrogens with one attached hydrogen (secondary N) is 1. The predicted molar refractivity (Wildman–Crippen MR) is 122 cm³/mol. The Hall–Kier alpha value is -4.00. The highest BCUT2D eigenvalue weighted by atomic mass is 32.1. The SMILES string of the molecule is Cn1ncc(-c2cc(N)c3c(=O)[nH]nc(CN)c3c2)c1-c1sc2ccccc2c1C#N. The van der Waals surface area contributed by atoms with Gasteiger partial charge in [0, 0.05) is 40.3 Å². The zero-order valence-electron chi connectivity index (χ0n) is 16.5. The molecule has 9 heteroatoms. The maximum absolute atomic E-state index is 12.3. The summed E-state index contributed by atoms with van der Waals surface area (Å²) in [5.74, 6) is 0. The van der Waals surface area contributed by atoms with E-state index in [4.69, 9.17) is 11.5 Å². The van der Waals surface area contributed by atoms with E-state index in [9.17, 15) is 10.1 Å². The maximum Gasteiger partial charge on any atom is 0.274 e. The van der Waals surface area contributed by atoms with Crippen molar-refractivity contribution in [3.63, 3.8) is 0 Å². The first-order valence-electron chi connectivity index (χ1n) is 9.48. The van der Waals surface area contributed by atoms with Crippen molar-refractivity contribution in [1.82, 2.24) is 20.0 Å². The summed E-state index contributed by atoms with van der Waals surface area (Å²) in [7, 11) is 1.84. The normalized spacial score (nSPS) is 11.3. The number of hydrogen-bond acceptors (Lipinski definition) is 7. The number of H-pyrrole nitrogens is 1. The molecule has 0 aliphatic carbocycles. The number of nitrogens with zero attached hydrogens (tertiary/aromatic N) is 4. The highest BCUT2D eigenvalue weighted by Gasteiger charge is 2.22. The van der Waals surface area contributed by atoms with Crippen molar-refractivity contribution in [2.45, 2.75) is 6.54 Å². The third-order valence-corrected chi connectivity index (χ3v) is 6.54. The smallest absolute Gasteiger partial charge is 0.274 e. The highest BCUT2D eigenvalue weighted by Crippen LogP contribution is 2.42. The molecule has 0 radical (unpaired) electrons. The number of nitriles is 1. The number of aromatic amines is 1. The van der Waals surface area contributed by atoms with Gasteiger partial charge < -0.3 is 11.5 Å². The molecule has 8 nitrogen and oxygen atoms in total. The first-order chi connectivity index (χ1) is 15.0. The lowest BCUT2D eigenvalue weighted by Crippen LogP contribution is -2.14. The molecule has 5 rings (SSSR count). The number of hydrogen-bond donors (Lipinski definition) is 3. The molecular weight excluding hydrogens is 410 g/mol. The zero-order chi connectivity index (χ0) is 21.7. The van der Waals surface area contributed by atoms with Gasteiger partial charge in [0.15, 0.2) is 0 Å². The molecule has 3 heterocycles. The van der Waals surface area contributed by atoms with Gasteiger partial charge in [-0.15, -0.1) is 11.3 Å². The molecule has 0 aliphatic rings. The van der Waals surface area contributed by atoms with Crippen molar-refractivity contribution in [3.05, 3.63) is 64.2 Å². The molecule has 0 saturated carbocycles. The number of aryl methyl sites for hydroxylation is 1. The molecule has 2 aromatic carbocycles. The number of aromatic nitrogens is 4. The number of thiophene rings is 1. The van der Waals surface area contributed by atoms with Gasteiger partial charge >= 0.3 is 0 Å². The number of anilines is 1. The van der Waals surface area contributed by atoms with Crippen molar-refractivity contribution >= 4 is 37.9 Å². The van der Waals surface area contributed by atoms with Crippen LogP contribution in [0, 0.1) is 11.3 Å². The Labute approximate surface area is 180 Å². The third kappa shape index (κ3) is 2.81. The van der Waals surface area contributed by atoms with Crippen molar-refractivity contribution < 1.29 is 0 Å². The van der Waals surface area contributed by atoms with Crippen LogP contribution in [0.3, 0.4) is 0 Å². The zero-order valence-corrected chi connectivity index (χ0v) is 17.3. The fraction of sp³-hybridized carbons (Fsp3) is 0.0909. The molecule has 152 valence electrons. The van der Waals surface area contributed by atoms with Crippen LogP contribution in [-0.4, -0.2) is 20.0 Å². The maximum atomic E-state index is 12.3. The van der Waals surface area contributed by atoms with E-state index in [1.54, 1.807) is 28.3 Å². The second-order valence-corrected chi connectivity index (χ2v) is 8.19. The molecule has 5 aromatic rings. The second-order valence-electron chi connectivity index (χ2n) is 7.14. The standard InChI is InChI=1S/C22H17N7OS/c1-29-20(21-14(8-23)12-4-2-3-5-18(12)31-21)15(10-26-29)11-6-13-17(9-24)27-28-22(30)19(13)16(25)7-11/h2-7,10H,9,24-25H2,1H3,(H,28,30). The van der Waals surface area contributed by atoms with Crippen molar-refractivity contribution in [2.75, 3.05) is 5.73 Å². The Bertz CT molecular complexity index is 1590. The Morgan fingerprint density at radius 1 is 1.26 bits per heavy atom. The van der Waals surface area contributed by atoms with E-state index >= 15 is 0 Å². The minimum atomic E-state index is -0.362. The van der Waals surface area contributed by atoms with Crippen LogP contribution in [-0.2, 0) is 13.6 Å². The molecular formula is C22H17N7OS. The van der Waals surface area contributed by atoms with Gasteiger partial charge in [-0.25, -0.2) is 5.10 Å². The number of nitrogen functional groups attached to an aromatic ring is 1. The average Bonchev–Trinajstić information content (AvgIpc) is 3.33. The number of fused-ring (bicyclic) bond motifs is 2. The molecule has 0 amide bonds. The summed E-state index contributed by atoms with van der Waals surface area (Å²) in [5, 5.41) is 22.7. The van der Waals surface area contributed by atoms with Crippen LogP contribution in [0.2, 0.25) is 0 Å². The molecule has 0 saturated heterocycles. The van der Waals surface area contributed by atoms with E-state index in [0.29, 0.717) is 27.7 Å². The lowest BCUT2D eigenvalue weighted by molar-refractivity contribution is 0.777. The highest BCUT2D eigenvalue weighted by molar-refractivity contribution is 7.22. The van der Waals surface area contributed by atoms with Crippen LogP contribution in [0.25, 0.3) is 42.6 Å². The van der Waals surface area contributed by atoms with Gasteiger partial charge in [0.2, 0.25) is 0 Å². The fourth-order valence-corrected chi connectivity index (χ4v) is 5.18. The molecule has 0 bridgehead atoms. The van der Waals surface area contributed by atoms with E-state index in [2.05, 4.69) is 21.4 Å². The van der Waals surface area contributed by atoms with E-state index in [-0.39, 0.29) is 12.1 Å². The Balaban J connectivity index is 1.82. The van der Waals surface area contributed by atoms with Gasteiger partial charge in [0.05, 0.1) is 33.4 Å². The van der Waals surface area contributed by atoms with E-state index < -0.39 is 0 Å². The monoisotopic (exact) mass is 427 g/mol. The number of nitrogens with two attached hydrogens (primary N) is 2. The fourth-order valence-electron chi connectivity index (χ4n) is 3.93. The van der Waals surface area contributed by atoms with Crippen LogP contribution >= 0.6 is 11.3 Å². The van der Waals surface area contributed by atoms with Gasteiger partial charge in [0.25, 0.3) is 5.56 Å². The summed E-state index contributed by atoms with van der Waals surface area (Å²) < 4.78 is 2.78. The molecule has 0 unspecified atom stereocenters. The topological polar surface area (TPSA) is 139 Å². The average molecular weight is 427 g/mol. The van der Waals surface area contributed by atoms with Crippen molar-refractivity contribution in [3.8, 4) is 27.8 Å². The van der Waals surface area contributed by atoms with Crippen LogP contribution in [0.1, 0.15) is 11.3 Å². The van der Waals surface area contributed by atoms with Crippen molar-refractivity contribution in [1.29, 1.82) is 5.26 Å². The minimum absolute atomic E-state index is 0.158. The second kappa shape index (κ2) is 7.05. The molecule has 5 N–H and O–H groups in total. The number of benzene rings is 2. The van der Waals surface area contributed by atoms with E-state index in [1.165, 1.54) is 0 Å². The van der Waals surface area contributed by atoms with Gasteiger partial charge in [-0.05, 0) is 23.8 Å². The molecule has 3 aromatic heterocycles. The van der Waals surface area contributed by atoms with Crippen LogP contribution < -0.4 is 17.0 Å². The van der Waals surface area contributed by atoms with Crippen LogP contribution in [0.4, 0.5) is 5.69 Å². The lowest BCUT2D eigenvalue weighted by Gasteiger charge is -2.10. The molecule has 0 spiro atoms. The quantitative estimate of drug-likeness (QED) is 0.378. The molecule has 0 fully saturated rings. The van der Waals surface area contributed by atoms with Crippen molar-refractivity contribution in [2.24, 2.45) is 12.8 Å². The molecule has 0 atom stereocenters. The predicted octanol–water partition coefficient (Wildman–Crippen LogP) is 3.12. The Morgan fingerprint density at radius 2 is 2.06 bits per heavy atom. The molecule has 0 aliphatic heterocycles. The minimum Gasteiger partial charge on any atom is -0.398 e. The largest absolute Gasteiger partial charge is 0.398 e. The summed E-state index contributed by atoms with van der Waals surface area (Å²) in [6, 6.07) is 13.8. The summed E-state index contributed by atoms with van der Waals surface area (Å²) in [6.07, 6.45) is 1.74. The first-order valence-corrected chi connectivity index (χ1v) is 10.3. The Kier molecular flexibility index (Phi) is 4.32. The first kappa shape index (κ1) is 19.0. The molecule has 31 heavy (non-hydrogen) atoms. The Morgan fingerprint density at radius 3 is 2.84 bits per heavy atom. The summed E-state index contributed by atoms with van der Waals surface area (Å²) in [5.41, 5.74) is 15.6. The number of rotatable bonds is 3. The van der Waals surface area contributed by atoms with Gasteiger partial charge in [0.1, 0.15) is 6.07 Å². The van der Waals surface area contributed by atoms with Gasteiger partial charge in [-0.2, -0.15) is 15.5 Å². The summed E-state index contributed by atoms with van der Waals surface area (Å²) in [4.78, 5) is 13.1. The van der Waals surface area contributed by atoms with Crippen LogP contribution in [0.15, 0.2) is 47.4 Å². The van der Waals surface area contributed by atoms with Gasteiger partial charge in [-0.1, -0.05) is 18.2 Å². The summed E-state index contributed by atoms with van der Waals surface area (Å²) in [6.45, 7) is 0.158. The lowest BCUT2D eigenvalue weighted by atomic mass is 9.98. The van der Waals surface area contributed by atoms with Crippen LogP contribution in [0.5, 0.6) is 0 Å². The van der Waals surface area contributed by atoms with E-state index in [0.717, 1.165) is 31.8 Å².